The Morgan fingerprint density at radius 3 is 2.50 bits per heavy atom. The summed E-state index contributed by atoms with van der Waals surface area (Å²) in [6.45, 7) is 0.927. The second-order valence-electron chi connectivity index (χ2n) is 7.56. The van der Waals surface area contributed by atoms with Gasteiger partial charge in [0, 0.05) is 19.0 Å². The highest BCUT2D eigenvalue weighted by atomic mass is 19.4. The molecule has 0 radical (unpaired) electrons. The standard InChI is InChI=1S/C22H20F4N4O2/c23-16-8-10-17(11-9-16)30-20(22(24,25)26)19(27-28-30)21(31)29-12-4-5-15(13-29)14-32-18-6-2-1-3-7-18/h1-3,6-11,15H,4-5,12-14H2. The van der Waals surface area contributed by atoms with Crippen molar-refractivity contribution in [3.05, 3.63) is 71.8 Å². The van der Waals surface area contributed by atoms with E-state index >= 15 is 0 Å². The Morgan fingerprint density at radius 1 is 1.09 bits per heavy atom. The lowest BCUT2D eigenvalue weighted by Gasteiger charge is -2.32. The Morgan fingerprint density at radius 2 is 1.81 bits per heavy atom. The highest BCUT2D eigenvalue weighted by molar-refractivity contribution is 5.93. The van der Waals surface area contributed by atoms with Gasteiger partial charge in [-0.25, -0.2) is 9.07 Å². The third-order valence-electron chi connectivity index (χ3n) is 5.25. The minimum Gasteiger partial charge on any atom is -0.493 e. The summed E-state index contributed by atoms with van der Waals surface area (Å²) < 4.78 is 61.0. The number of likely N-dealkylation sites (tertiary alicyclic amines) is 1. The number of rotatable bonds is 5. The zero-order valence-corrected chi connectivity index (χ0v) is 16.9. The van der Waals surface area contributed by atoms with Gasteiger partial charge in [0.2, 0.25) is 0 Å². The summed E-state index contributed by atoms with van der Waals surface area (Å²) in [4.78, 5) is 14.4. The van der Waals surface area contributed by atoms with Crippen LogP contribution in [0.15, 0.2) is 54.6 Å². The SMILES string of the molecule is O=C(c1nnn(-c2ccc(F)cc2)c1C(F)(F)F)N1CCCC(COc2ccccc2)C1. The van der Waals surface area contributed by atoms with Crippen molar-refractivity contribution >= 4 is 5.91 Å². The summed E-state index contributed by atoms with van der Waals surface area (Å²) in [6, 6.07) is 13.5. The maximum Gasteiger partial charge on any atom is 0.435 e. The van der Waals surface area contributed by atoms with Gasteiger partial charge in [-0.05, 0) is 49.2 Å². The molecule has 0 bridgehead atoms. The van der Waals surface area contributed by atoms with Gasteiger partial charge in [0.1, 0.15) is 11.6 Å². The number of piperidine rings is 1. The second kappa shape index (κ2) is 8.97. The summed E-state index contributed by atoms with van der Waals surface area (Å²) in [6.07, 6.45) is -3.44. The third-order valence-corrected chi connectivity index (χ3v) is 5.25. The third kappa shape index (κ3) is 4.74. The molecule has 0 saturated carbocycles. The van der Waals surface area contributed by atoms with E-state index in [1.807, 2.05) is 30.3 Å². The van der Waals surface area contributed by atoms with E-state index in [2.05, 4.69) is 10.3 Å². The summed E-state index contributed by atoms with van der Waals surface area (Å²) in [5, 5.41) is 7.10. The Hall–Kier alpha value is -3.43. The smallest absolute Gasteiger partial charge is 0.435 e. The maximum absolute atomic E-state index is 13.9. The van der Waals surface area contributed by atoms with Crippen LogP contribution in [0.25, 0.3) is 5.69 Å². The second-order valence-corrected chi connectivity index (χ2v) is 7.56. The van der Waals surface area contributed by atoms with E-state index in [4.69, 9.17) is 4.74 Å². The molecular formula is C22H20F4N4O2. The first-order valence-corrected chi connectivity index (χ1v) is 10.1. The number of ether oxygens (including phenoxy) is 1. The van der Waals surface area contributed by atoms with Gasteiger partial charge in [-0.15, -0.1) is 5.10 Å². The minimum atomic E-state index is -4.88. The summed E-state index contributed by atoms with van der Waals surface area (Å²) >= 11 is 0. The lowest BCUT2D eigenvalue weighted by atomic mass is 9.98. The molecule has 32 heavy (non-hydrogen) atoms. The fraction of sp³-hybridized carbons (Fsp3) is 0.318. The number of amides is 1. The van der Waals surface area contributed by atoms with Gasteiger partial charge >= 0.3 is 6.18 Å². The van der Waals surface area contributed by atoms with Crippen molar-refractivity contribution in [1.82, 2.24) is 19.9 Å². The minimum absolute atomic E-state index is 0.0191. The van der Waals surface area contributed by atoms with Gasteiger partial charge in [-0.1, -0.05) is 23.4 Å². The highest BCUT2D eigenvalue weighted by Crippen LogP contribution is 2.34. The number of benzene rings is 2. The molecular weight excluding hydrogens is 428 g/mol. The largest absolute Gasteiger partial charge is 0.493 e. The van der Waals surface area contributed by atoms with Crippen LogP contribution in [-0.4, -0.2) is 45.5 Å². The van der Waals surface area contributed by atoms with E-state index in [-0.39, 0.29) is 18.2 Å². The molecule has 2 aromatic carbocycles. The molecule has 1 fully saturated rings. The fourth-order valence-corrected chi connectivity index (χ4v) is 3.71. The molecule has 3 aromatic rings. The van der Waals surface area contributed by atoms with Crippen LogP contribution in [0.5, 0.6) is 5.75 Å². The van der Waals surface area contributed by atoms with Crippen LogP contribution < -0.4 is 4.74 Å². The Balaban J connectivity index is 1.54. The number of hydrogen-bond acceptors (Lipinski definition) is 4. The van der Waals surface area contributed by atoms with Crippen LogP contribution in [0.1, 0.15) is 29.0 Å². The van der Waals surface area contributed by atoms with Gasteiger partial charge in [-0.2, -0.15) is 13.2 Å². The van der Waals surface area contributed by atoms with Crippen molar-refractivity contribution in [3.8, 4) is 11.4 Å². The summed E-state index contributed by atoms with van der Waals surface area (Å²) in [7, 11) is 0. The van der Waals surface area contributed by atoms with Crippen molar-refractivity contribution < 1.29 is 27.1 Å². The summed E-state index contributed by atoms with van der Waals surface area (Å²) in [5.74, 6) is -0.766. The Bertz CT molecular complexity index is 1070. The molecule has 2 heterocycles. The molecule has 10 heteroatoms. The predicted octanol–water partition coefficient (Wildman–Crippen LogP) is 4.36. The van der Waals surface area contributed by atoms with Crippen LogP contribution in [0.4, 0.5) is 17.6 Å². The van der Waals surface area contributed by atoms with Crippen molar-refractivity contribution in [3.63, 3.8) is 0 Å². The van der Waals surface area contributed by atoms with E-state index in [1.165, 1.54) is 4.90 Å². The molecule has 0 aliphatic carbocycles. The fourth-order valence-electron chi connectivity index (χ4n) is 3.71. The van der Waals surface area contributed by atoms with E-state index in [1.54, 1.807) is 0 Å². The zero-order valence-electron chi connectivity index (χ0n) is 16.9. The van der Waals surface area contributed by atoms with Crippen molar-refractivity contribution in [2.75, 3.05) is 19.7 Å². The van der Waals surface area contributed by atoms with Crippen LogP contribution in [0.2, 0.25) is 0 Å². The lowest BCUT2D eigenvalue weighted by Crippen LogP contribution is -2.42. The average Bonchev–Trinajstić information content (AvgIpc) is 3.24. The Labute approximate surface area is 181 Å². The van der Waals surface area contributed by atoms with E-state index < -0.39 is 29.3 Å². The molecule has 168 valence electrons. The van der Waals surface area contributed by atoms with Crippen molar-refractivity contribution in [2.45, 2.75) is 19.0 Å². The average molecular weight is 448 g/mol. The molecule has 4 rings (SSSR count). The molecule has 6 nitrogen and oxygen atoms in total. The van der Waals surface area contributed by atoms with E-state index in [9.17, 15) is 22.4 Å². The van der Waals surface area contributed by atoms with Gasteiger partial charge in [-0.3, -0.25) is 4.79 Å². The molecule has 1 saturated heterocycles. The van der Waals surface area contributed by atoms with Gasteiger partial charge in [0.05, 0.1) is 12.3 Å². The zero-order chi connectivity index (χ0) is 22.7. The Kier molecular flexibility index (Phi) is 6.11. The number of carbonyl (C=O) groups excluding carboxylic acids is 1. The highest BCUT2D eigenvalue weighted by Gasteiger charge is 2.43. The normalized spacial score (nSPS) is 16.8. The number of hydrogen-bond donors (Lipinski definition) is 0. The molecule has 0 N–H and O–H groups in total. The van der Waals surface area contributed by atoms with Gasteiger partial charge in [0.25, 0.3) is 5.91 Å². The quantitative estimate of drug-likeness (QED) is 0.545. The monoisotopic (exact) mass is 448 g/mol. The molecule has 1 aliphatic rings. The number of para-hydroxylation sites is 1. The lowest BCUT2D eigenvalue weighted by molar-refractivity contribution is -0.143. The number of aromatic nitrogens is 3. The molecule has 1 atom stereocenters. The first-order valence-electron chi connectivity index (χ1n) is 10.1. The van der Waals surface area contributed by atoms with Crippen LogP contribution in [0, 0.1) is 11.7 Å². The molecule has 1 unspecified atom stereocenters. The molecule has 1 amide bonds. The maximum atomic E-state index is 13.9. The number of alkyl halides is 3. The van der Waals surface area contributed by atoms with Gasteiger partial charge in [0.15, 0.2) is 11.4 Å². The predicted molar refractivity (Wildman–Crippen MR) is 107 cm³/mol. The van der Waals surface area contributed by atoms with E-state index in [0.29, 0.717) is 30.0 Å². The first kappa shape index (κ1) is 21.8. The van der Waals surface area contributed by atoms with E-state index in [0.717, 1.165) is 30.7 Å². The summed E-state index contributed by atoms with van der Waals surface area (Å²) in [5.41, 5.74) is -2.10. The van der Waals surface area contributed by atoms with Crippen molar-refractivity contribution in [1.29, 1.82) is 0 Å². The van der Waals surface area contributed by atoms with Crippen LogP contribution in [-0.2, 0) is 6.18 Å². The van der Waals surface area contributed by atoms with Crippen LogP contribution in [0.3, 0.4) is 0 Å². The van der Waals surface area contributed by atoms with Gasteiger partial charge < -0.3 is 9.64 Å². The molecule has 0 spiro atoms. The number of halogens is 4. The molecule has 1 aliphatic heterocycles. The first-order chi connectivity index (χ1) is 15.3. The number of nitrogens with zero attached hydrogens (tertiary/aromatic N) is 4. The molecule has 1 aromatic heterocycles. The topological polar surface area (TPSA) is 60.2 Å². The van der Waals surface area contributed by atoms with Crippen molar-refractivity contribution in [2.24, 2.45) is 5.92 Å². The number of carbonyl (C=O) groups is 1. The van der Waals surface area contributed by atoms with Crippen LogP contribution >= 0.6 is 0 Å².